The van der Waals surface area contributed by atoms with E-state index in [1.807, 2.05) is 49.8 Å². The number of rotatable bonds is 5. The minimum absolute atomic E-state index is 0.411. The summed E-state index contributed by atoms with van der Waals surface area (Å²) < 4.78 is 2.92. The first-order valence-electron chi connectivity index (χ1n) is 9.73. The molecule has 0 unspecified atom stereocenters. The number of nitrogens with zero attached hydrogens (tertiary/aromatic N) is 5. The van der Waals surface area contributed by atoms with E-state index in [1.165, 1.54) is 0 Å². The third kappa shape index (κ3) is 4.80. The van der Waals surface area contributed by atoms with Crippen LogP contribution in [0.4, 0.5) is 0 Å². The summed E-state index contributed by atoms with van der Waals surface area (Å²) in [6.07, 6.45) is 1.95. The van der Waals surface area contributed by atoms with Gasteiger partial charge in [-0.3, -0.25) is 0 Å². The van der Waals surface area contributed by atoms with Crippen molar-refractivity contribution >= 4 is 46.3 Å². The molecule has 160 valence electrons. The third-order valence-corrected chi connectivity index (χ3v) is 7.43. The first-order valence-corrected chi connectivity index (χ1v) is 12.2. The molecule has 0 spiro atoms. The Morgan fingerprint density at radius 3 is 2.32 bits per heavy atom. The maximum atomic E-state index is 6.27. The van der Waals surface area contributed by atoms with Gasteiger partial charge in [0.1, 0.15) is 0 Å². The average Bonchev–Trinajstić information content (AvgIpc) is 3.26. The van der Waals surface area contributed by atoms with Crippen molar-refractivity contribution in [3.8, 4) is 27.8 Å². The van der Waals surface area contributed by atoms with Crippen LogP contribution in [0.1, 0.15) is 30.9 Å². The first kappa shape index (κ1) is 22.3. The summed E-state index contributed by atoms with van der Waals surface area (Å²) >= 11 is 15.8. The number of benzene rings is 1. The van der Waals surface area contributed by atoms with Crippen LogP contribution in [-0.4, -0.2) is 30.0 Å². The summed E-state index contributed by atoms with van der Waals surface area (Å²) in [6, 6.07) is 7.56. The van der Waals surface area contributed by atoms with Gasteiger partial charge >= 0.3 is 0 Å². The highest BCUT2D eigenvalue weighted by Gasteiger charge is 2.19. The van der Waals surface area contributed by atoms with Crippen molar-refractivity contribution in [2.75, 3.05) is 0 Å². The van der Waals surface area contributed by atoms with Crippen molar-refractivity contribution in [3.05, 3.63) is 57.6 Å². The van der Waals surface area contributed by atoms with Crippen molar-refractivity contribution in [1.82, 2.24) is 24.7 Å². The van der Waals surface area contributed by atoms with Gasteiger partial charge in [0.25, 0.3) is 0 Å². The smallest absolute Gasteiger partial charge is 0.211 e. The van der Waals surface area contributed by atoms with Crippen LogP contribution in [0.2, 0.25) is 10.0 Å². The molecule has 9 heteroatoms. The molecule has 0 aliphatic rings. The molecule has 0 N–H and O–H groups in total. The second kappa shape index (κ2) is 8.90. The largest absolute Gasteiger partial charge is 0.233 e. The van der Waals surface area contributed by atoms with Gasteiger partial charge in [-0.25, -0.2) is 19.6 Å². The molecule has 0 atom stereocenters. The Hall–Kier alpha value is -1.93. The predicted octanol–water partition coefficient (Wildman–Crippen LogP) is 7.19. The first-order chi connectivity index (χ1) is 14.7. The molecule has 4 rings (SSSR count). The van der Waals surface area contributed by atoms with Gasteiger partial charge in [0.2, 0.25) is 5.13 Å². The van der Waals surface area contributed by atoms with Gasteiger partial charge in [0, 0.05) is 28.4 Å². The zero-order valence-corrected chi connectivity index (χ0v) is 20.9. The van der Waals surface area contributed by atoms with Crippen molar-refractivity contribution in [2.24, 2.45) is 0 Å². The lowest BCUT2D eigenvalue weighted by Crippen LogP contribution is -1.94. The van der Waals surface area contributed by atoms with E-state index in [9.17, 15) is 0 Å². The zero-order valence-electron chi connectivity index (χ0n) is 17.8. The molecule has 0 aliphatic carbocycles. The normalized spacial score (nSPS) is 11.5. The fourth-order valence-electron chi connectivity index (χ4n) is 3.14. The molecule has 4 aromatic rings. The molecular formula is C22H21Cl2N5S2. The lowest BCUT2D eigenvalue weighted by Gasteiger charge is -2.05. The van der Waals surface area contributed by atoms with E-state index in [4.69, 9.17) is 33.3 Å². The van der Waals surface area contributed by atoms with Crippen LogP contribution in [0.25, 0.3) is 27.8 Å². The molecule has 0 bridgehead atoms. The fraction of sp³-hybridized carbons (Fsp3) is 0.273. The number of aromatic nitrogens is 5. The molecule has 3 aromatic heterocycles. The summed E-state index contributed by atoms with van der Waals surface area (Å²) in [5.74, 6) is 0.680. The summed E-state index contributed by atoms with van der Waals surface area (Å²) in [5, 5.41) is 6.93. The second-order valence-corrected chi connectivity index (χ2v) is 11.1. The van der Waals surface area contributed by atoms with Crippen molar-refractivity contribution < 1.29 is 0 Å². The molecule has 0 fully saturated rings. The summed E-state index contributed by atoms with van der Waals surface area (Å²) in [6.45, 7) is 10.2. The molecule has 1 aromatic carbocycles. The van der Waals surface area contributed by atoms with E-state index in [-0.39, 0.29) is 0 Å². The Morgan fingerprint density at radius 1 is 0.968 bits per heavy atom. The maximum Gasteiger partial charge on any atom is 0.211 e. The highest BCUT2D eigenvalue weighted by Crippen LogP contribution is 2.41. The van der Waals surface area contributed by atoms with E-state index >= 15 is 0 Å². The minimum atomic E-state index is 0.411. The topological polar surface area (TPSA) is 56.5 Å². The SMILES string of the molecule is Cc1cc(C)nc(-c2cn(-c3nc(-c4ccc(Cl)c(Cl)c4)c(SC(C)C)s3)nc2C)n1. The van der Waals surface area contributed by atoms with Crippen LogP contribution in [0, 0.1) is 20.8 Å². The van der Waals surface area contributed by atoms with Crippen LogP contribution in [-0.2, 0) is 0 Å². The summed E-state index contributed by atoms with van der Waals surface area (Å²) in [5.41, 5.74) is 5.43. The quantitative estimate of drug-likeness (QED) is 0.277. The van der Waals surface area contributed by atoms with E-state index in [1.54, 1.807) is 29.2 Å². The Balaban J connectivity index is 1.80. The molecule has 0 radical (unpaired) electrons. The molecule has 5 nitrogen and oxygen atoms in total. The van der Waals surface area contributed by atoms with E-state index in [2.05, 4.69) is 23.8 Å². The second-order valence-electron chi connectivity index (χ2n) is 7.48. The lowest BCUT2D eigenvalue weighted by atomic mass is 10.2. The van der Waals surface area contributed by atoms with Gasteiger partial charge in [-0.2, -0.15) is 5.10 Å². The van der Waals surface area contributed by atoms with Gasteiger partial charge < -0.3 is 0 Å². The van der Waals surface area contributed by atoms with Crippen LogP contribution in [0.5, 0.6) is 0 Å². The molecule has 0 amide bonds. The van der Waals surface area contributed by atoms with Crippen molar-refractivity contribution in [1.29, 1.82) is 0 Å². The standard InChI is InChI=1S/C22H21Cl2N5S2/c1-11(2)30-21-19(15-6-7-17(23)18(24)9-15)27-22(31-21)29-10-16(14(5)28-29)20-25-12(3)8-13(4)26-20/h6-11H,1-5H3. The lowest BCUT2D eigenvalue weighted by molar-refractivity contribution is 0.853. The van der Waals surface area contributed by atoms with E-state index < -0.39 is 0 Å². The minimum Gasteiger partial charge on any atom is -0.233 e. The number of aryl methyl sites for hydroxylation is 3. The molecule has 0 saturated carbocycles. The molecule has 3 heterocycles. The number of hydrogen-bond acceptors (Lipinski definition) is 6. The molecular weight excluding hydrogens is 469 g/mol. The average molecular weight is 490 g/mol. The number of halogens is 2. The van der Waals surface area contributed by atoms with Gasteiger partial charge in [0.15, 0.2) is 5.82 Å². The predicted molar refractivity (Wildman–Crippen MR) is 131 cm³/mol. The number of thioether (sulfide) groups is 1. The Bertz CT molecular complexity index is 1240. The Labute approximate surface area is 199 Å². The van der Waals surface area contributed by atoms with Gasteiger partial charge in [-0.15, -0.1) is 11.8 Å². The van der Waals surface area contributed by atoms with Crippen LogP contribution in [0.3, 0.4) is 0 Å². The number of thiazole rings is 1. The van der Waals surface area contributed by atoms with Crippen molar-refractivity contribution in [2.45, 2.75) is 44.1 Å². The van der Waals surface area contributed by atoms with Gasteiger partial charge in [0.05, 0.1) is 31.2 Å². The van der Waals surface area contributed by atoms with Crippen LogP contribution < -0.4 is 0 Å². The third-order valence-electron chi connectivity index (χ3n) is 4.44. The monoisotopic (exact) mass is 489 g/mol. The fourth-order valence-corrected chi connectivity index (χ4v) is 5.88. The van der Waals surface area contributed by atoms with E-state index in [0.29, 0.717) is 21.1 Å². The molecule has 0 saturated heterocycles. The van der Waals surface area contributed by atoms with Crippen LogP contribution >= 0.6 is 46.3 Å². The summed E-state index contributed by atoms with van der Waals surface area (Å²) in [7, 11) is 0. The van der Waals surface area contributed by atoms with E-state index in [0.717, 1.165) is 43.2 Å². The Morgan fingerprint density at radius 2 is 1.68 bits per heavy atom. The van der Waals surface area contributed by atoms with Crippen LogP contribution in [0.15, 0.2) is 34.7 Å². The zero-order chi connectivity index (χ0) is 22.3. The number of hydrogen-bond donors (Lipinski definition) is 0. The van der Waals surface area contributed by atoms with Crippen molar-refractivity contribution in [3.63, 3.8) is 0 Å². The molecule has 0 aliphatic heterocycles. The van der Waals surface area contributed by atoms with Gasteiger partial charge in [-0.05, 0) is 39.0 Å². The van der Waals surface area contributed by atoms with Gasteiger partial charge in [-0.1, -0.05) is 54.5 Å². The highest BCUT2D eigenvalue weighted by molar-refractivity contribution is 8.01. The molecule has 31 heavy (non-hydrogen) atoms. The Kier molecular flexibility index (Phi) is 6.40. The summed E-state index contributed by atoms with van der Waals surface area (Å²) in [4.78, 5) is 14.1. The highest BCUT2D eigenvalue weighted by atomic mass is 35.5. The maximum absolute atomic E-state index is 6.27.